The van der Waals surface area contributed by atoms with E-state index in [2.05, 4.69) is 5.32 Å². The molecule has 3 rings (SSSR count). The van der Waals surface area contributed by atoms with Crippen LogP contribution in [0.5, 0.6) is 11.5 Å². The maximum absolute atomic E-state index is 12.0. The molecule has 25 heavy (non-hydrogen) atoms. The molecule has 0 bridgehead atoms. The van der Waals surface area contributed by atoms with Crippen LogP contribution >= 0.6 is 11.6 Å². The van der Waals surface area contributed by atoms with Gasteiger partial charge < -0.3 is 19.5 Å². The highest BCUT2D eigenvalue weighted by Gasteiger charge is 2.16. The molecule has 0 spiro atoms. The van der Waals surface area contributed by atoms with Gasteiger partial charge >= 0.3 is 0 Å². The first-order valence-electron chi connectivity index (χ1n) is 8.22. The van der Waals surface area contributed by atoms with Crippen LogP contribution in [0.1, 0.15) is 12.8 Å². The lowest BCUT2D eigenvalue weighted by molar-refractivity contribution is -0.118. The van der Waals surface area contributed by atoms with E-state index >= 15 is 0 Å². The Bertz CT molecular complexity index is 716. The van der Waals surface area contributed by atoms with Crippen LogP contribution in [0.4, 0.5) is 5.69 Å². The second-order valence-electron chi connectivity index (χ2n) is 5.77. The second-order valence-corrected chi connectivity index (χ2v) is 6.20. The lowest BCUT2D eigenvalue weighted by Crippen LogP contribution is -2.20. The van der Waals surface area contributed by atoms with Crippen molar-refractivity contribution < 1.29 is 19.0 Å². The number of hydrogen-bond acceptors (Lipinski definition) is 4. The SMILES string of the molecule is O=C(COc1cccc(Cl)c1)Nc1cccc(OCC2CCCO2)c1. The number of ether oxygens (including phenoxy) is 3. The van der Waals surface area contributed by atoms with Gasteiger partial charge in [-0.25, -0.2) is 0 Å². The molecule has 5 nitrogen and oxygen atoms in total. The Labute approximate surface area is 151 Å². The van der Waals surface area contributed by atoms with E-state index in [0.29, 0.717) is 28.8 Å². The number of nitrogens with one attached hydrogen (secondary N) is 1. The van der Waals surface area contributed by atoms with E-state index in [9.17, 15) is 4.79 Å². The zero-order valence-corrected chi connectivity index (χ0v) is 14.5. The van der Waals surface area contributed by atoms with Crippen molar-refractivity contribution in [2.24, 2.45) is 0 Å². The van der Waals surface area contributed by atoms with Crippen molar-refractivity contribution >= 4 is 23.2 Å². The molecule has 1 amide bonds. The van der Waals surface area contributed by atoms with E-state index in [4.69, 9.17) is 25.8 Å². The van der Waals surface area contributed by atoms with Crippen molar-refractivity contribution in [1.29, 1.82) is 0 Å². The first-order valence-corrected chi connectivity index (χ1v) is 8.59. The average Bonchev–Trinajstić information content (AvgIpc) is 3.12. The molecule has 0 radical (unpaired) electrons. The van der Waals surface area contributed by atoms with Crippen LogP contribution in [-0.4, -0.2) is 31.8 Å². The summed E-state index contributed by atoms with van der Waals surface area (Å²) in [7, 11) is 0. The van der Waals surface area contributed by atoms with Gasteiger partial charge in [0.05, 0.1) is 6.10 Å². The molecule has 1 fully saturated rings. The molecule has 132 valence electrons. The molecule has 1 N–H and O–H groups in total. The van der Waals surface area contributed by atoms with Gasteiger partial charge in [-0.1, -0.05) is 23.7 Å². The zero-order chi connectivity index (χ0) is 17.5. The van der Waals surface area contributed by atoms with Crippen LogP contribution in [-0.2, 0) is 9.53 Å². The van der Waals surface area contributed by atoms with Gasteiger partial charge in [0.25, 0.3) is 5.91 Å². The topological polar surface area (TPSA) is 56.8 Å². The molecule has 1 aliphatic heterocycles. The summed E-state index contributed by atoms with van der Waals surface area (Å²) in [4.78, 5) is 12.0. The first-order chi connectivity index (χ1) is 12.2. The van der Waals surface area contributed by atoms with Crippen LogP contribution in [0.3, 0.4) is 0 Å². The van der Waals surface area contributed by atoms with Crippen LogP contribution in [0.15, 0.2) is 48.5 Å². The number of carbonyl (C=O) groups is 1. The standard InChI is InChI=1S/C19H20ClNO4/c20-14-4-1-6-16(10-14)25-13-19(22)21-15-5-2-7-17(11-15)24-12-18-8-3-9-23-18/h1-2,4-7,10-11,18H,3,8-9,12-13H2,(H,21,22). The summed E-state index contributed by atoms with van der Waals surface area (Å²) in [6, 6.07) is 14.2. The fourth-order valence-electron chi connectivity index (χ4n) is 2.53. The highest BCUT2D eigenvalue weighted by Crippen LogP contribution is 2.20. The molecule has 0 saturated carbocycles. The Morgan fingerprint density at radius 1 is 1.16 bits per heavy atom. The van der Waals surface area contributed by atoms with Crippen molar-refractivity contribution in [2.75, 3.05) is 25.1 Å². The largest absolute Gasteiger partial charge is 0.491 e. The lowest BCUT2D eigenvalue weighted by atomic mass is 10.2. The summed E-state index contributed by atoms with van der Waals surface area (Å²) in [5, 5.41) is 3.35. The van der Waals surface area contributed by atoms with Gasteiger partial charge in [0.1, 0.15) is 18.1 Å². The minimum absolute atomic E-state index is 0.0959. The number of rotatable bonds is 7. The molecule has 0 aromatic heterocycles. The highest BCUT2D eigenvalue weighted by atomic mass is 35.5. The molecular weight excluding hydrogens is 342 g/mol. The zero-order valence-electron chi connectivity index (χ0n) is 13.7. The van der Waals surface area contributed by atoms with Gasteiger partial charge in [-0.2, -0.15) is 0 Å². The van der Waals surface area contributed by atoms with Gasteiger partial charge in [-0.15, -0.1) is 0 Å². The Kier molecular flexibility index (Phi) is 6.14. The molecule has 6 heteroatoms. The monoisotopic (exact) mass is 361 g/mol. The van der Waals surface area contributed by atoms with Crippen LogP contribution in [0.2, 0.25) is 5.02 Å². The second kappa shape index (κ2) is 8.74. The first kappa shape index (κ1) is 17.6. The molecule has 2 aromatic rings. The predicted octanol–water partition coefficient (Wildman–Crippen LogP) is 3.92. The summed E-state index contributed by atoms with van der Waals surface area (Å²) in [5.41, 5.74) is 0.657. The Balaban J connectivity index is 1.48. The van der Waals surface area contributed by atoms with Gasteiger partial charge in [-0.3, -0.25) is 4.79 Å². The number of benzene rings is 2. The Morgan fingerprint density at radius 2 is 1.96 bits per heavy atom. The number of halogens is 1. The number of carbonyl (C=O) groups excluding carboxylic acids is 1. The van der Waals surface area contributed by atoms with Gasteiger partial charge in [-0.05, 0) is 43.2 Å². The molecular formula is C19H20ClNO4. The van der Waals surface area contributed by atoms with Gasteiger partial charge in [0, 0.05) is 23.4 Å². The summed E-state index contributed by atoms with van der Waals surface area (Å²) >= 11 is 5.88. The third kappa shape index (κ3) is 5.66. The van der Waals surface area contributed by atoms with E-state index in [1.54, 1.807) is 36.4 Å². The molecule has 1 aliphatic rings. The van der Waals surface area contributed by atoms with Gasteiger partial charge in [0.2, 0.25) is 0 Å². The maximum Gasteiger partial charge on any atom is 0.262 e. The average molecular weight is 362 g/mol. The van der Waals surface area contributed by atoms with Gasteiger partial charge in [0.15, 0.2) is 6.61 Å². The normalized spacial score (nSPS) is 16.4. The van der Waals surface area contributed by atoms with Crippen molar-refractivity contribution in [2.45, 2.75) is 18.9 Å². The quantitative estimate of drug-likeness (QED) is 0.812. The Morgan fingerprint density at radius 3 is 2.72 bits per heavy atom. The van der Waals surface area contributed by atoms with Crippen LogP contribution in [0.25, 0.3) is 0 Å². The van der Waals surface area contributed by atoms with E-state index < -0.39 is 0 Å². The van der Waals surface area contributed by atoms with E-state index in [1.807, 2.05) is 12.1 Å². The smallest absolute Gasteiger partial charge is 0.262 e. The number of amides is 1. The minimum atomic E-state index is -0.253. The third-order valence-corrected chi connectivity index (χ3v) is 3.98. The fourth-order valence-corrected chi connectivity index (χ4v) is 2.71. The molecule has 0 aliphatic carbocycles. The summed E-state index contributed by atoms with van der Waals surface area (Å²) in [6.07, 6.45) is 2.26. The summed E-state index contributed by atoms with van der Waals surface area (Å²) in [6.45, 7) is 1.23. The van der Waals surface area contributed by atoms with E-state index in [0.717, 1.165) is 19.4 Å². The highest BCUT2D eigenvalue weighted by molar-refractivity contribution is 6.30. The minimum Gasteiger partial charge on any atom is -0.491 e. The number of hydrogen-bond donors (Lipinski definition) is 1. The molecule has 1 heterocycles. The van der Waals surface area contributed by atoms with Crippen LogP contribution < -0.4 is 14.8 Å². The summed E-state index contributed by atoms with van der Waals surface area (Å²) in [5.74, 6) is 0.997. The van der Waals surface area contributed by atoms with Crippen molar-refractivity contribution in [3.63, 3.8) is 0 Å². The summed E-state index contributed by atoms with van der Waals surface area (Å²) < 4.78 is 16.7. The molecule has 1 unspecified atom stereocenters. The predicted molar refractivity (Wildman–Crippen MR) is 96.5 cm³/mol. The van der Waals surface area contributed by atoms with E-state index in [-0.39, 0.29) is 18.6 Å². The van der Waals surface area contributed by atoms with E-state index in [1.165, 1.54) is 0 Å². The van der Waals surface area contributed by atoms with Crippen LogP contribution in [0, 0.1) is 0 Å². The molecule has 1 atom stereocenters. The van der Waals surface area contributed by atoms with Crippen molar-refractivity contribution in [3.8, 4) is 11.5 Å². The fraction of sp³-hybridized carbons (Fsp3) is 0.316. The lowest BCUT2D eigenvalue weighted by Gasteiger charge is -2.13. The third-order valence-electron chi connectivity index (χ3n) is 3.74. The van der Waals surface area contributed by atoms with Crippen molar-refractivity contribution in [3.05, 3.63) is 53.6 Å². The maximum atomic E-state index is 12.0. The molecule has 2 aromatic carbocycles. The number of anilines is 1. The molecule has 1 saturated heterocycles. The van der Waals surface area contributed by atoms with Crippen molar-refractivity contribution in [1.82, 2.24) is 0 Å². The Hall–Kier alpha value is -2.24.